The van der Waals surface area contributed by atoms with Crippen LogP contribution in [-0.4, -0.2) is 21.5 Å². The number of aryl methyl sites for hydroxylation is 1. The van der Waals surface area contributed by atoms with E-state index in [0.29, 0.717) is 5.69 Å². The van der Waals surface area contributed by atoms with Gasteiger partial charge in [0, 0.05) is 5.69 Å². The van der Waals surface area contributed by atoms with Gasteiger partial charge in [0.2, 0.25) is 0 Å². The third kappa shape index (κ3) is 2.75. The number of hydrogen-bond acceptors (Lipinski definition) is 4. The number of nitriles is 1. The van der Waals surface area contributed by atoms with E-state index in [1.165, 1.54) is 17.0 Å². The molecule has 0 spiro atoms. The Balaban J connectivity index is 2.13. The molecule has 8 heteroatoms. The average Bonchev–Trinajstić information content (AvgIpc) is 2.77. The molecule has 1 saturated heterocycles. The molecular weight excluding hydrogens is 466 g/mol. The number of benzene rings is 1. The van der Waals surface area contributed by atoms with Crippen LogP contribution in [0.4, 0.5) is 15.8 Å². The zero-order chi connectivity index (χ0) is 19.2. The molecule has 1 aliphatic heterocycles. The standard InChI is InChI=1S/C18H14FIN4OS/c1-10-4-6-12(9-22-10)24-17(26)23(16(25)18(24,2)3)13-7-5-11(8-21)15(20)14(13)19/h4-7,9H,1-3H3. The van der Waals surface area contributed by atoms with Gasteiger partial charge in [0.1, 0.15) is 11.6 Å². The van der Waals surface area contributed by atoms with Gasteiger partial charge in [0.25, 0.3) is 5.91 Å². The van der Waals surface area contributed by atoms with Crippen LogP contribution in [0.3, 0.4) is 0 Å². The maximum Gasteiger partial charge on any atom is 0.259 e. The van der Waals surface area contributed by atoms with Crippen molar-refractivity contribution in [3.8, 4) is 6.07 Å². The Labute approximate surface area is 169 Å². The first-order valence-electron chi connectivity index (χ1n) is 7.69. The van der Waals surface area contributed by atoms with E-state index in [-0.39, 0.29) is 25.8 Å². The normalized spacial score (nSPS) is 16.2. The lowest BCUT2D eigenvalue weighted by Crippen LogP contribution is -2.44. The molecule has 1 aliphatic rings. The fourth-order valence-electron chi connectivity index (χ4n) is 2.83. The summed E-state index contributed by atoms with van der Waals surface area (Å²) in [6.07, 6.45) is 1.64. The molecule has 1 amide bonds. The summed E-state index contributed by atoms with van der Waals surface area (Å²) >= 11 is 7.28. The average molecular weight is 480 g/mol. The largest absolute Gasteiger partial charge is 0.302 e. The lowest BCUT2D eigenvalue weighted by Gasteiger charge is -2.29. The molecule has 132 valence electrons. The molecule has 1 aromatic heterocycles. The Morgan fingerprint density at radius 2 is 2.00 bits per heavy atom. The fraction of sp³-hybridized carbons (Fsp3) is 0.222. The molecule has 0 radical (unpaired) electrons. The number of rotatable bonds is 2. The summed E-state index contributed by atoms with van der Waals surface area (Å²) in [6, 6.07) is 8.48. The topological polar surface area (TPSA) is 60.2 Å². The van der Waals surface area contributed by atoms with Gasteiger partial charge >= 0.3 is 0 Å². The molecule has 26 heavy (non-hydrogen) atoms. The highest BCUT2D eigenvalue weighted by Gasteiger charge is 2.51. The lowest BCUT2D eigenvalue weighted by atomic mass is 10.0. The highest BCUT2D eigenvalue weighted by molar-refractivity contribution is 14.1. The van der Waals surface area contributed by atoms with Gasteiger partial charge in [0.15, 0.2) is 10.9 Å². The quantitative estimate of drug-likeness (QED) is 0.482. The van der Waals surface area contributed by atoms with E-state index in [4.69, 9.17) is 17.5 Å². The van der Waals surface area contributed by atoms with Crippen molar-refractivity contribution >= 4 is 57.2 Å². The minimum Gasteiger partial charge on any atom is -0.302 e. The smallest absolute Gasteiger partial charge is 0.259 e. The first kappa shape index (κ1) is 18.7. The molecule has 0 unspecified atom stereocenters. The fourth-order valence-corrected chi connectivity index (χ4v) is 3.92. The van der Waals surface area contributed by atoms with Crippen LogP contribution in [0.1, 0.15) is 25.1 Å². The Hall–Kier alpha value is -2.12. The van der Waals surface area contributed by atoms with E-state index in [9.17, 15) is 9.18 Å². The highest BCUT2D eigenvalue weighted by atomic mass is 127. The minimum atomic E-state index is -1.00. The van der Waals surface area contributed by atoms with Crippen LogP contribution in [0, 0.1) is 27.6 Å². The summed E-state index contributed by atoms with van der Waals surface area (Å²) in [6.45, 7) is 5.32. The van der Waals surface area contributed by atoms with Crippen molar-refractivity contribution in [2.45, 2.75) is 26.3 Å². The number of nitrogens with zero attached hydrogens (tertiary/aromatic N) is 4. The Morgan fingerprint density at radius 1 is 1.31 bits per heavy atom. The summed E-state index contributed by atoms with van der Waals surface area (Å²) in [5, 5.41) is 9.23. The highest BCUT2D eigenvalue weighted by Crippen LogP contribution is 2.38. The number of halogens is 2. The van der Waals surface area contributed by atoms with Crippen molar-refractivity contribution in [1.29, 1.82) is 5.26 Å². The van der Waals surface area contributed by atoms with Gasteiger partial charge in [-0.1, -0.05) is 0 Å². The SMILES string of the molecule is Cc1ccc(N2C(=S)N(c3ccc(C#N)c(I)c3F)C(=O)C2(C)C)cn1. The number of anilines is 2. The van der Waals surface area contributed by atoms with Gasteiger partial charge in [-0.25, -0.2) is 4.39 Å². The van der Waals surface area contributed by atoms with Crippen LogP contribution in [0.15, 0.2) is 30.5 Å². The predicted octanol–water partition coefficient (Wildman–Crippen LogP) is 3.92. The number of amides is 1. The molecule has 0 bridgehead atoms. The summed E-state index contributed by atoms with van der Waals surface area (Å²) in [5.41, 5.74) is 0.750. The van der Waals surface area contributed by atoms with E-state index in [1.807, 2.05) is 25.1 Å². The minimum absolute atomic E-state index is 0.0408. The summed E-state index contributed by atoms with van der Waals surface area (Å²) in [7, 11) is 0. The number of thiocarbonyl (C=S) groups is 1. The number of carbonyl (C=O) groups excluding carboxylic acids is 1. The second-order valence-corrected chi connectivity index (χ2v) is 7.79. The molecular formula is C18H14FIN4OS. The van der Waals surface area contributed by atoms with Gasteiger partial charge in [-0.05, 0) is 79.8 Å². The van der Waals surface area contributed by atoms with Crippen LogP contribution in [0.25, 0.3) is 0 Å². The van der Waals surface area contributed by atoms with Crippen molar-refractivity contribution < 1.29 is 9.18 Å². The first-order chi connectivity index (χ1) is 12.2. The van der Waals surface area contributed by atoms with Crippen molar-refractivity contribution in [1.82, 2.24) is 4.98 Å². The number of hydrogen-bond donors (Lipinski definition) is 0. The number of pyridine rings is 1. The van der Waals surface area contributed by atoms with Crippen molar-refractivity contribution in [3.63, 3.8) is 0 Å². The van der Waals surface area contributed by atoms with Crippen molar-refractivity contribution in [2.75, 3.05) is 9.80 Å². The Morgan fingerprint density at radius 3 is 2.58 bits per heavy atom. The van der Waals surface area contributed by atoms with Crippen molar-refractivity contribution in [2.24, 2.45) is 0 Å². The van der Waals surface area contributed by atoms with E-state index in [1.54, 1.807) is 47.5 Å². The van der Waals surface area contributed by atoms with Crippen LogP contribution in [-0.2, 0) is 4.79 Å². The molecule has 0 N–H and O–H groups in total. The molecule has 2 heterocycles. The second kappa shape index (κ2) is 6.55. The molecule has 2 aromatic rings. The van der Waals surface area contributed by atoms with E-state index >= 15 is 0 Å². The van der Waals surface area contributed by atoms with Crippen LogP contribution < -0.4 is 9.80 Å². The lowest BCUT2D eigenvalue weighted by molar-refractivity contribution is -0.120. The number of aromatic nitrogens is 1. The summed E-state index contributed by atoms with van der Waals surface area (Å²) in [4.78, 5) is 20.2. The monoisotopic (exact) mass is 480 g/mol. The predicted molar refractivity (Wildman–Crippen MR) is 109 cm³/mol. The van der Waals surface area contributed by atoms with Gasteiger partial charge in [-0.2, -0.15) is 5.26 Å². The van der Waals surface area contributed by atoms with Crippen LogP contribution >= 0.6 is 34.8 Å². The van der Waals surface area contributed by atoms with Gasteiger partial charge in [-0.15, -0.1) is 0 Å². The molecule has 1 fully saturated rings. The maximum atomic E-state index is 14.8. The summed E-state index contributed by atoms with van der Waals surface area (Å²) < 4.78 is 15.0. The molecule has 0 aliphatic carbocycles. The zero-order valence-corrected chi connectivity index (χ0v) is 17.2. The second-order valence-electron chi connectivity index (χ2n) is 6.35. The number of carbonyl (C=O) groups is 1. The molecule has 1 aromatic carbocycles. The molecule has 5 nitrogen and oxygen atoms in total. The molecule has 0 saturated carbocycles. The van der Waals surface area contributed by atoms with Crippen LogP contribution in [0.5, 0.6) is 0 Å². The molecule has 0 atom stereocenters. The third-order valence-corrected chi connectivity index (χ3v) is 5.67. The van der Waals surface area contributed by atoms with Crippen LogP contribution in [0.2, 0.25) is 0 Å². The van der Waals surface area contributed by atoms with Crippen molar-refractivity contribution in [3.05, 3.63) is 51.1 Å². The summed E-state index contributed by atoms with van der Waals surface area (Å²) in [5.74, 6) is -0.984. The zero-order valence-electron chi connectivity index (χ0n) is 14.2. The Kier molecular flexibility index (Phi) is 4.71. The molecule has 3 rings (SSSR count). The van der Waals surface area contributed by atoms with E-state index in [0.717, 1.165) is 5.69 Å². The van der Waals surface area contributed by atoms with Gasteiger partial charge < -0.3 is 4.90 Å². The van der Waals surface area contributed by atoms with Gasteiger partial charge in [-0.3, -0.25) is 14.7 Å². The maximum absolute atomic E-state index is 14.8. The van der Waals surface area contributed by atoms with E-state index < -0.39 is 11.4 Å². The third-order valence-electron chi connectivity index (χ3n) is 4.25. The van der Waals surface area contributed by atoms with E-state index in [2.05, 4.69) is 4.98 Å². The van der Waals surface area contributed by atoms with Gasteiger partial charge in [0.05, 0.1) is 26.7 Å². The first-order valence-corrected chi connectivity index (χ1v) is 9.18. The Bertz CT molecular complexity index is 968.